The molecule has 3 rings (SSSR count). The second kappa shape index (κ2) is 5.57. The number of fused-ring (bicyclic) bond motifs is 6. The van der Waals surface area contributed by atoms with Gasteiger partial charge in [0.2, 0.25) is 0 Å². The van der Waals surface area contributed by atoms with Gasteiger partial charge in [-0.1, -0.05) is 13.8 Å². The van der Waals surface area contributed by atoms with E-state index < -0.39 is 9.05 Å². The van der Waals surface area contributed by atoms with E-state index in [-0.39, 0.29) is 0 Å². The Bertz CT molecular complexity index is 200. The van der Waals surface area contributed by atoms with Crippen molar-refractivity contribution in [3.05, 3.63) is 0 Å². The van der Waals surface area contributed by atoms with E-state index in [1.54, 1.807) is 0 Å². The molecule has 0 aromatic carbocycles. The van der Waals surface area contributed by atoms with Gasteiger partial charge >= 0.3 is 9.05 Å². The van der Waals surface area contributed by atoms with Crippen molar-refractivity contribution in [2.75, 3.05) is 46.1 Å². The Morgan fingerprint density at radius 2 is 1.56 bits per heavy atom. The van der Waals surface area contributed by atoms with Crippen LogP contribution in [0.4, 0.5) is 0 Å². The predicted octanol–water partition coefficient (Wildman–Crippen LogP) is 0.474. The molecule has 0 aliphatic carbocycles. The molecule has 3 fully saturated rings. The molecule has 0 radical (unpaired) electrons. The van der Waals surface area contributed by atoms with E-state index in [9.17, 15) is 0 Å². The quantitative estimate of drug-likeness (QED) is 0.678. The topological polar surface area (TPSA) is 40.2 Å². The highest BCUT2D eigenvalue weighted by molar-refractivity contribution is 6.53. The molecule has 16 heavy (non-hydrogen) atoms. The van der Waals surface area contributed by atoms with Crippen LogP contribution in [0.25, 0.3) is 0 Å². The fourth-order valence-corrected chi connectivity index (χ4v) is 3.81. The summed E-state index contributed by atoms with van der Waals surface area (Å²) in [6.45, 7) is 9.64. The van der Waals surface area contributed by atoms with Crippen LogP contribution in [0.3, 0.4) is 0 Å². The Balaban J connectivity index is 1.97. The first-order chi connectivity index (χ1) is 7.70. The minimum absolute atomic E-state index is 0.463. The molecule has 5 nitrogen and oxygen atoms in total. The van der Waals surface area contributed by atoms with E-state index in [1.165, 1.54) is 0 Å². The highest BCUT2D eigenvalue weighted by atomic mass is 28.4. The summed E-state index contributed by atoms with van der Waals surface area (Å²) in [7, 11) is -2.82. The summed E-state index contributed by atoms with van der Waals surface area (Å²) in [5.74, 6) is 0.463. The minimum atomic E-state index is -2.82. The van der Waals surface area contributed by atoms with Crippen molar-refractivity contribution >= 4 is 9.05 Å². The molecule has 6 heteroatoms. The van der Waals surface area contributed by atoms with Crippen LogP contribution in [0.1, 0.15) is 13.8 Å². The summed E-state index contributed by atoms with van der Waals surface area (Å²) in [5, 5.41) is 0. The molecule has 2 bridgehead atoms. The van der Waals surface area contributed by atoms with Gasteiger partial charge in [0.05, 0.1) is 19.8 Å². The average molecular weight is 247 g/mol. The van der Waals surface area contributed by atoms with Gasteiger partial charge < -0.3 is 17.7 Å². The zero-order valence-corrected chi connectivity index (χ0v) is 11.1. The van der Waals surface area contributed by atoms with Crippen LogP contribution < -0.4 is 0 Å². The van der Waals surface area contributed by atoms with Gasteiger partial charge in [0.15, 0.2) is 0 Å². The van der Waals surface area contributed by atoms with Gasteiger partial charge in [0.1, 0.15) is 0 Å². The number of nitrogens with zero attached hydrogens (tertiary/aromatic N) is 1. The lowest BCUT2D eigenvalue weighted by Crippen LogP contribution is -2.57. The summed E-state index contributed by atoms with van der Waals surface area (Å²) < 4.78 is 23.0. The summed E-state index contributed by atoms with van der Waals surface area (Å²) in [6, 6.07) is 0. The van der Waals surface area contributed by atoms with Crippen molar-refractivity contribution in [2.24, 2.45) is 5.92 Å². The second-order valence-electron chi connectivity index (χ2n) is 4.59. The van der Waals surface area contributed by atoms with Crippen molar-refractivity contribution in [3.63, 3.8) is 0 Å². The lowest BCUT2D eigenvalue weighted by atomic mass is 10.2. The monoisotopic (exact) mass is 247 g/mol. The van der Waals surface area contributed by atoms with E-state index in [0.717, 1.165) is 19.6 Å². The van der Waals surface area contributed by atoms with Gasteiger partial charge in [-0.2, -0.15) is 0 Å². The summed E-state index contributed by atoms with van der Waals surface area (Å²) >= 11 is 0. The van der Waals surface area contributed by atoms with Crippen LogP contribution >= 0.6 is 0 Å². The van der Waals surface area contributed by atoms with Crippen LogP contribution in [0.15, 0.2) is 0 Å². The molecular weight excluding hydrogens is 226 g/mol. The molecule has 94 valence electrons. The predicted molar refractivity (Wildman–Crippen MR) is 60.8 cm³/mol. The van der Waals surface area contributed by atoms with Crippen molar-refractivity contribution in [3.8, 4) is 0 Å². The third kappa shape index (κ3) is 3.25. The minimum Gasteiger partial charge on any atom is -0.351 e. The van der Waals surface area contributed by atoms with E-state index in [4.69, 9.17) is 17.7 Å². The van der Waals surface area contributed by atoms with E-state index in [0.29, 0.717) is 32.3 Å². The van der Waals surface area contributed by atoms with Crippen LogP contribution in [0, 0.1) is 5.92 Å². The Hall–Kier alpha value is 0.0169. The van der Waals surface area contributed by atoms with E-state index in [1.807, 2.05) is 0 Å². The Morgan fingerprint density at radius 3 is 2.00 bits per heavy atom. The molecule has 0 aromatic heterocycles. The summed E-state index contributed by atoms with van der Waals surface area (Å²) in [5.41, 5.74) is 0. The van der Waals surface area contributed by atoms with Gasteiger partial charge in [-0.25, -0.2) is 0 Å². The SMILES string of the molecule is CC(C)CO[Si]12OCCN(CCO1)CCO2. The first-order valence-electron chi connectivity index (χ1n) is 5.98. The number of hydrogen-bond donors (Lipinski definition) is 0. The van der Waals surface area contributed by atoms with E-state index >= 15 is 0 Å². The first-order valence-corrected chi connectivity index (χ1v) is 7.62. The number of hydrogen-bond acceptors (Lipinski definition) is 5. The molecule has 0 amide bonds. The smallest absolute Gasteiger partial charge is 0.351 e. The van der Waals surface area contributed by atoms with Crippen LogP contribution in [0.5, 0.6) is 0 Å². The average Bonchev–Trinajstić information content (AvgIpc) is 2.13. The molecule has 0 saturated carbocycles. The van der Waals surface area contributed by atoms with Crippen molar-refractivity contribution in [1.82, 2.24) is 4.90 Å². The molecule has 0 N–H and O–H groups in total. The van der Waals surface area contributed by atoms with Crippen molar-refractivity contribution < 1.29 is 17.7 Å². The van der Waals surface area contributed by atoms with E-state index in [2.05, 4.69) is 18.7 Å². The molecule has 0 unspecified atom stereocenters. The first kappa shape index (κ1) is 12.5. The zero-order chi connectivity index (χ0) is 11.4. The molecule has 3 heterocycles. The molecule has 3 aliphatic rings. The van der Waals surface area contributed by atoms with Crippen molar-refractivity contribution in [2.45, 2.75) is 13.8 Å². The number of rotatable bonds is 3. The zero-order valence-electron chi connectivity index (χ0n) is 10.1. The van der Waals surface area contributed by atoms with Crippen LogP contribution in [-0.2, 0) is 17.7 Å². The lowest BCUT2D eigenvalue weighted by molar-refractivity contribution is -0.0775. The Labute approximate surface area is 98.1 Å². The molecule has 0 spiro atoms. The normalized spacial score (nSPS) is 35.8. The van der Waals surface area contributed by atoms with Crippen LogP contribution in [0.2, 0.25) is 0 Å². The summed E-state index contributed by atoms with van der Waals surface area (Å²) in [4.78, 5) is 2.29. The van der Waals surface area contributed by atoms with Gasteiger partial charge in [-0.05, 0) is 5.92 Å². The fourth-order valence-electron chi connectivity index (χ4n) is 1.75. The van der Waals surface area contributed by atoms with Gasteiger partial charge in [0, 0.05) is 26.2 Å². The maximum absolute atomic E-state index is 5.79. The molecule has 0 atom stereocenters. The third-order valence-corrected chi connectivity index (χ3v) is 4.85. The van der Waals surface area contributed by atoms with Gasteiger partial charge in [-0.3, -0.25) is 4.90 Å². The molecule has 0 aromatic rings. The Morgan fingerprint density at radius 1 is 1.06 bits per heavy atom. The maximum atomic E-state index is 5.79. The van der Waals surface area contributed by atoms with Gasteiger partial charge in [0.25, 0.3) is 0 Å². The summed E-state index contributed by atoms with van der Waals surface area (Å²) in [6.07, 6.45) is 0. The molecular formula is C10H21NO4Si. The standard InChI is InChI=1S/C10H21NO4Si/c1-10(2)9-15-16-12-6-3-11(4-7-13-16)5-8-14-16/h10H,3-9H2,1-2H3. The highest BCUT2D eigenvalue weighted by Crippen LogP contribution is 2.18. The maximum Gasteiger partial charge on any atom is 0.679 e. The highest BCUT2D eigenvalue weighted by Gasteiger charge is 2.48. The third-order valence-electron chi connectivity index (χ3n) is 2.65. The molecule has 3 aliphatic heterocycles. The lowest BCUT2D eigenvalue weighted by Gasteiger charge is -2.36. The Kier molecular flexibility index (Phi) is 4.34. The largest absolute Gasteiger partial charge is 0.679 e. The van der Waals surface area contributed by atoms with Crippen molar-refractivity contribution in [1.29, 1.82) is 0 Å². The van der Waals surface area contributed by atoms with Gasteiger partial charge in [-0.15, -0.1) is 0 Å². The molecule has 3 saturated heterocycles. The van der Waals surface area contributed by atoms with Crippen LogP contribution in [-0.4, -0.2) is 60.0 Å². The fraction of sp³-hybridized carbons (Fsp3) is 1.00. The second-order valence-corrected chi connectivity index (χ2v) is 6.75.